The quantitative estimate of drug-likeness (QED) is 0.747. The van der Waals surface area contributed by atoms with Crippen LogP contribution in [0.2, 0.25) is 5.02 Å². The van der Waals surface area contributed by atoms with E-state index >= 15 is 0 Å². The van der Waals surface area contributed by atoms with Crippen molar-refractivity contribution in [1.29, 1.82) is 0 Å². The van der Waals surface area contributed by atoms with Gasteiger partial charge in [-0.25, -0.2) is 4.79 Å². The Balaban J connectivity index is 2.24. The summed E-state index contributed by atoms with van der Waals surface area (Å²) in [6.45, 7) is 0.216. The van der Waals surface area contributed by atoms with Crippen LogP contribution in [-0.2, 0) is 4.74 Å². The molecule has 88 valence electrons. The third-order valence-electron chi connectivity index (χ3n) is 2.49. The smallest absolute Gasteiger partial charge is 0.349 e. The molecule has 0 radical (unpaired) electrons. The van der Waals surface area contributed by atoms with E-state index in [-0.39, 0.29) is 6.79 Å². The number of esters is 1. The number of halogens is 1. The average molecular weight is 271 g/mol. The van der Waals surface area contributed by atoms with Gasteiger partial charge in [0.15, 0.2) is 11.5 Å². The molecule has 2 heterocycles. The van der Waals surface area contributed by atoms with Gasteiger partial charge in [0.1, 0.15) is 4.88 Å². The van der Waals surface area contributed by atoms with E-state index in [4.69, 9.17) is 21.1 Å². The lowest BCUT2D eigenvalue weighted by Crippen LogP contribution is -1.97. The summed E-state index contributed by atoms with van der Waals surface area (Å²) >= 11 is 7.43. The van der Waals surface area contributed by atoms with E-state index < -0.39 is 5.97 Å². The second-order valence-electron chi connectivity index (χ2n) is 3.44. The highest BCUT2D eigenvalue weighted by molar-refractivity contribution is 7.21. The summed E-state index contributed by atoms with van der Waals surface area (Å²) in [7, 11) is 1.33. The van der Waals surface area contributed by atoms with Crippen molar-refractivity contribution in [2.45, 2.75) is 0 Å². The van der Waals surface area contributed by atoms with Crippen LogP contribution in [0.1, 0.15) is 9.67 Å². The molecule has 1 aliphatic heterocycles. The molecule has 0 unspecified atom stereocenters. The van der Waals surface area contributed by atoms with Gasteiger partial charge >= 0.3 is 5.97 Å². The maximum absolute atomic E-state index is 11.5. The Hall–Kier alpha value is -1.46. The molecule has 3 rings (SSSR count). The number of benzene rings is 1. The highest BCUT2D eigenvalue weighted by Crippen LogP contribution is 2.43. The monoisotopic (exact) mass is 270 g/mol. The molecule has 4 nitrogen and oxygen atoms in total. The predicted octanol–water partition coefficient (Wildman–Crippen LogP) is 3.07. The average Bonchev–Trinajstić information content (AvgIpc) is 2.91. The molecule has 0 amide bonds. The number of thiophene rings is 1. The third-order valence-corrected chi connectivity index (χ3v) is 4.13. The van der Waals surface area contributed by atoms with Crippen LogP contribution in [0, 0.1) is 0 Å². The summed E-state index contributed by atoms with van der Waals surface area (Å²) in [6.07, 6.45) is 0. The van der Waals surface area contributed by atoms with Gasteiger partial charge in [0.2, 0.25) is 6.79 Å². The molecule has 1 aromatic heterocycles. The molecule has 1 aromatic carbocycles. The van der Waals surface area contributed by atoms with E-state index in [1.807, 2.05) is 6.07 Å². The molecule has 0 saturated carbocycles. The fourth-order valence-electron chi connectivity index (χ4n) is 1.68. The lowest BCUT2D eigenvalue weighted by atomic mass is 10.2. The second-order valence-corrected chi connectivity index (χ2v) is 4.87. The van der Waals surface area contributed by atoms with Gasteiger partial charge in [-0.2, -0.15) is 0 Å². The van der Waals surface area contributed by atoms with E-state index in [1.165, 1.54) is 18.4 Å². The number of fused-ring (bicyclic) bond motifs is 2. The number of carbonyl (C=O) groups is 1. The van der Waals surface area contributed by atoms with Gasteiger partial charge in [-0.1, -0.05) is 11.6 Å². The molecule has 1 aliphatic rings. The molecule has 0 spiro atoms. The van der Waals surface area contributed by atoms with Crippen LogP contribution in [0.4, 0.5) is 0 Å². The molecule has 17 heavy (non-hydrogen) atoms. The Morgan fingerprint density at radius 3 is 2.82 bits per heavy atom. The van der Waals surface area contributed by atoms with E-state index in [1.54, 1.807) is 6.07 Å². The van der Waals surface area contributed by atoms with Gasteiger partial charge in [0.25, 0.3) is 0 Å². The summed E-state index contributed by atoms with van der Waals surface area (Å²) in [4.78, 5) is 11.9. The number of methoxy groups -OCH3 is 1. The zero-order valence-corrected chi connectivity index (χ0v) is 10.4. The van der Waals surface area contributed by atoms with Gasteiger partial charge in [-0.15, -0.1) is 11.3 Å². The second kappa shape index (κ2) is 3.78. The third kappa shape index (κ3) is 1.54. The molecule has 0 fully saturated rings. The van der Waals surface area contributed by atoms with Crippen molar-refractivity contribution in [3.63, 3.8) is 0 Å². The van der Waals surface area contributed by atoms with Gasteiger partial charge in [-0.3, -0.25) is 0 Å². The van der Waals surface area contributed by atoms with Crippen LogP contribution in [-0.4, -0.2) is 19.9 Å². The van der Waals surface area contributed by atoms with Crippen molar-refractivity contribution >= 4 is 39.0 Å². The highest BCUT2D eigenvalue weighted by Gasteiger charge is 2.22. The standard InChI is InChI=1S/C11H7ClO4S/c1-14-11(13)10-9(12)5-2-6-7(16-4-15-6)3-8(5)17-10/h2-3H,4H2,1H3. The molecule has 6 heteroatoms. The van der Waals surface area contributed by atoms with Gasteiger partial charge in [-0.05, 0) is 6.07 Å². The van der Waals surface area contributed by atoms with Crippen molar-refractivity contribution < 1.29 is 19.0 Å². The Kier molecular flexibility index (Phi) is 2.38. The first-order chi connectivity index (χ1) is 8.20. The van der Waals surface area contributed by atoms with Crippen LogP contribution < -0.4 is 9.47 Å². The fraction of sp³-hybridized carbons (Fsp3) is 0.182. The van der Waals surface area contributed by atoms with Crippen LogP contribution in [0.5, 0.6) is 11.5 Å². The minimum atomic E-state index is -0.432. The van der Waals surface area contributed by atoms with Crippen molar-refractivity contribution in [1.82, 2.24) is 0 Å². The van der Waals surface area contributed by atoms with Crippen molar-refractivity contribution in [2.24, 2.45) is 0 Å². The Bertz CT molecular complexity index is 619. The predicted molar refractivity (Wildman–Crippen MR) is 64.3 cm³/mol. The number of hydrogen-bond acceptors (Lipinski definition) is 5. The summed E-state index contributed by atoms with van der Waals surface area (Å²) < 4.78 is 16.1. The zero-order valence-electron chi connectivity index (χ0n) is 8.78. The molecular weight excluding hydrogens is 264 g/mol. The molecule has 0 bridgehead atoms. The summed E-state index contributed by atoms with van der Waals surface area (Å²) in [5.41, 5.74) is 0. The first kappa shape index (κ1) is 10.7. The molecule has 0 N–H and O–H groups in total. The minimum Gasteiger partial charge on any atom is -0.465 e. The largest absolute Gasteiger partial charge is 0.465 e. The van der Waals surface area contributed by atoms with Crippen molar-refractivity contribution in [3.8, 4) is 11.5 Å². The fourth-order valence-corrected chi connectivity index (χ4v) is 3.11. The van der Waals surface area contributed by atoms with Crippen LogP contribution in [0.15, 0.2) is 12.1 Å². The Morgan fingerprint density at radius 2 is 2.12 bits per heavy atom. The summed E-state index contributed by atoms with van der Waals surface area (Å²) in [5, 5.41) is 1.18. The Morgan fingerprint density at radius 1 is 1.41 bits per heavy atom. The van der Waals surface area contributed by atoms with Crippen LogP contribution in [0.25, 0.3) is 10.1 Å². The van der Waals surface area contributed by atoms with Gasteiger partial charge in [0.05, 0.1) is 12.1 Å². The highest BCUT2D eigenvalue weighted by atomic mass is 35.5. The number of ether oxygens (including phenoxy) is 3. The maximum Gasteiger partial charge on any atom is 0.349 e. The van der Waals surface area contributed by atoms with E-state index in [9.17, 15) is 4.79 Å². The normalized spacial score (nSPS) is 13.1. The van der Waals surface area contributed by atoms with E-state index in [2.05, 4.69) is 4.74 Å². The lowest BCUT2D eigenvalue weighted by Gasteiger charge is -1.96. The number of hydrogen-bond donors (Lipinski definition) is 0. The maximum atomic E-state index is 11.5. The van der Waals surface area contributed by atoms with Crippen LogP contribution in [0.3, 0.4) is 0 Å². The molecule has 0 atom stereocenters. The molecule has 0 saturated heterocycles. The number of carbonyl (C=O) groups excluding carboxylic acids is 1. The topological polar surface area (TPSA) is 44.8 Å². The van der Waals surface area contributed by atoms with E-state index in [0.717, 1.165) is 10.1 Å². The first-order valence-corrected chi connectivity index (χ1v) is 6.00. The molecular formula is C11H7ClO4S. The lowest BCUT2D eigenvalue weighted by molar-refractivity contribution is 0.0606. The minimum absolute atomic E-state index is 0.216. The van der Waals surface area contributed by atoms with Crippen molar-refractivity contribution in [2.75, 3.05) is 13.9 Å². The molecule has 0 aliphatic carbocycles. The van der Waals surface area contributed by atoms with Gasteiger partial charge < -0.3 is 14.2 Å². The van der Waals surface area contributed by atoms with Gasteiger partial charge in [0, 0.05) is 16.2 Å². The zero-order chi connectivity index (χ0) is 12.0. The first-order valence-electron chi connectivity index (χ1n) is 4.80. The summed E-state index contributed by atoms with van der Waals surface area (Å²) in [5.74, 6) is 0.888. The van der Waals surface area contributed by atoms with Crippen molar-refractivity contribution in [3.05, 3.63) is 22.0 Å². The SMILES string of the molecule is COC(=O)c1sc2cc3c(cc2c1Cl)OCO3. The summed E-state index contributed by atoms with van der Waals surface area (Å²) in [6, 6.07) is 3.60. The van der Waals surface area contributed by atoms with E-state index in [0.29, 0.717) is 21.4 Å². The number of rotatable bonds is 1. The molecule has 2 aromatic rings. The Labute approximate surface area is 106 Å². The van der Waals surface area contributed by atoms with Crippen LogP contribution >= 0.6 is 22.9 Å².